The van der Waals surface area contributed by atoms with Crippen LogP contribution in [0.15, 0.2) is 128 Å². The Kier molecular flexibility index (Phi) is 9.29. The van der Waals surface area contributed by atoms with Crippen LogP contribution in [0.4, 0.5) is 0 Å². The summed E-state index contributed by atoms with van der Waals surface area (Å²) in [4.78, 5) is 30.2. The Morgan fingerprint density at radius 3 is 2.06 bits per heavy atom. The van der Waals surface area contributed by atoms with Crippen molar-refractivity contribution in [2.45, 2.75) is 56.3 Å². The Morgan fingerprint density at radius 1 is 0.870 bits per heavy atom. The van der Waals surface area contributed by atoms with Crippen LogP contribution in [0.25, 0.3) is 11.2 Å². The number of imidazole rings is 1. The highest BCUT2D eigenvalue weighted by Crippen LogP contribution is 2.48. The molecule has 0 radical (unpaired) electrons. The van der Waals surface area contributed by atoms with Crippen LogP contribution in [0.1, 0.15) is 52.8 Å². The molecule has 0 saturated carbocycles. The lowest BCUT2D eigenvalue weighted by atomic mass is 9.76. The number of amides is 1. The summed E-state index contributed by atoms with van der Waals surface area (Å²) in [6.07, 6.45) is 2.67. The van der Waals surface area contributed by atoms with Gasteiger partial charge in [0.15, 0.2) is 17.7 Å². The van der Waals surface area contributed by atoms with Gasteiger partial charge in [0, 0.05) is 18.9 Å². The smallest absolute Gasteiger partial charge is 0.337 e. The van der Waals surface area contributed by atoms with Crippen molar-refractivity contribution in [1.82, 2.24) is 34.1 Å². The maximum Gasteiger partial charge on any atom is 0.337 e. The summed E-state index contributed by atoms with van der Waals surface area (Å²) >= 11 is 0. The minimum atomic E-state index is -4.98. The van der Waals surface area contributed by atoms with Crippen molar-refractivity contribution in [1.29, 1.82) is 0 Å². The minimum absolute atomic E-state index is 0.0699. The van der Waals surface area contributed by atoms with E-state index in [1.54, 1.807) is 43.1 Å². The van der Waals surface area contributed by atoms with E-state index in [0.717, 1.165) is 4.31 Å². The van der Waals surface area contributed by atoms with Gasteiger partial charge in [-0.15, -0.1) is 0 Å². The van der Waals surface area contributed by atoms with E-state index in [0.29, 0.717) is 39.1 Å². The van der Waals surface area contributed by atoms with Crippen molar-refractivity contribution in [2.75, 3.05) is 6.54 Å². The topological polar surface area (TPSA) is 171 Å². The number of nitrogens with zero attached hydrogens (tertiary/aromatic N) is 6. The van der Waals surface area contributed by atoms with E-state index in [9.17, 15) is 17.8 Å². The van der Waals surface area contributed by atoms with Crippen molar-refractivity contribution < 1.29 is 32.0 Å². The first-order chi connectivity index (χ1) is 26.1. The van der Waals surface area contributed by atoms with Crippen LogP contribution in [0.2, 0.25) is 0 Å². The molecule has 0 unspecified atom stereocenters. The number of nitrogens with one attached hydrogen (secondary N) is 1. The van der Waals surface area contributed by atoms with E-state index in [-0.39, 0.29) is 19.0 Å². The molecule has 2 aliphatic heterocycles. The molecule has 3 aromatic heterocycles. The van der Waals surface area contributed by atoms with Gasteiger partial charge < -0.3 is 19.5 Å². The van der Waals surface area contributed by atoms with Crippen molar-refractivity contribution in [3.8, 4) is 0 Å². The molecule has 14 nitrogen and oxygen atoms in total. The average Bonchev–Trinajstić information content (AvgIpc) is 3.86. The zero-order valence-corrected chi connectivity index (χ0v) is 30.2. The molecule has 276 valence electrons. The quantitative estimate of drug-likeness (QED) is 0.140. The third-order valence-corrected chi connectivity index (χ3v) is 10.7. The number of fused-ring (bicyclic) bond motifs is 2. The largest absolute Gasteiger partial charge is 0.348 e. The number of hydrogen-bond donors (Lipinski definition) is 2. The average molecular weight is 748 g/mol. The maximum atomic E-state index is 13.9. The number of carbonyl (C=O) groups excluding carboxylic acids is 1. The number of rotatable bonds is 11. The summed E-state index contributed by atoms with van der Waals surface area (Å²) < 4.78 is 61.5. The third-order valence-electron chi connectivity index (χ3n) is 9.75. The van der Waals surface area contributed by atoms with Gasteiger partial charge in [-0.25, -0.2) is 15.0 Å². The number of pyridine rings is 1. The molecule has 1 amide bonds. The van der Waals surface area contributed by atoms with Gasteiger partial charge in [-0.3, -0.25) is 18.9 Å². The lowest BCUT2D eigenvalue weighted by Crippen LogP contribution is -2.55. The SMILES string of the molecule is CC1(C)O[C@@H]2[C@H](O1)[C@@H](CN(C(c1ccccc1)(c1ccccc1)c1ccccc1)S(=O)(=O)O)O[C@H]2n1cnc2c(CNC(=O)c3cccnc3)ncnc21. The van der Waals surface area contributed by atoms with Crippen LogP contribution in [-0.2, 0) is 36.6 Å². The number of aromatic nitrogens is 5. The Bertz CT molecular complexity index is 2270. The second kappa shape index (κ2) is 14.1. The molecule has 0 spiro atoms. The van der Waals surface area contributed by atoms with Crippen LogP contribution in [0.5, 0.6) is 0 Å². The van der Waals surface area contributed by atoms with E-state index in [2.05, 4.69) is 25.3 Å². The highest BCUT2D eigenvalue weighted by atomic mass is 32.2. The van der Waals surface area contributed by atoms with Gasteiger partial charge in [-0.2, -0.15) is 12.7 Å². The fraction of sp³-hybridized carbons (Fsp3) is 0.256. The van der Waals surface area contributed by atoms with Crippen LogP contribution in [0, 0.1) is 0 Å². The standard InChI is InChI=1S/C39H37N7O7S/c1-38(2)52-33-31(23-46(54(48,49)50)39(27-14-6-3-7-15-27,28-16-8-4-9-17-28)29-18-10-5-11-19-29)51-37(34(33)53-38)45-25-44-32-30(42-24-43-35(32)45)22-41-36(47)26-13-12-20-40-21-26/h3-21,24-25,31,33-34,37H,22-23H2,1-2H3,(H,41,47)(H,48,49,50)/t31-,33-,34-,37-/m1/s1. The monoisotopic (exact) mass is 747 g/mol. The Hall–Kier alpha value is -5.42. The molecule has 2 aliphatic rings. The normalized spacial score (nSPS) is 21.0. The third kappa shape index (κ3) is 6.44. The Labute approximate surface area is 311 Å². The van der Waals surface area contributed by atoms with Gasteiger partial charge in [-0.1, -0.05) is 91.0 Å². The summed E-state index contributed by atoms with van der Waals surface area (Å²) in [7, 11) is -4.98. The molecular formula is C39H37N7O7S. The molecule has 6 aromatic rings. The molecule has 4 atom stereocenters. The van der Waals surface area contributed by atoms with E-state index < -0.39 is 46.2 Å². The van der Waals surface area contributed by atoms with Crippen molar-refractivity contribution in [2.24, 2.45) is 0 Å². The van der Waals surface area contributed by atoms with Crippen LogP contribution < -0.4 is 5.32 Å². The van der Waals surface area contributed by atoms with Gasteiger partial charge in [0.25, 0.3) is 5.91 Å². The van der Waals surface area contributed by atoms with Gasteiger partial charge in [0.05, 0.1) is 24.1 Å². The predicted molar refractivity (Wildman–Crippen MR) is 196 cm³/mol. The second-order valence-electron chi connectivity index (χ2n) is 13.5. The van der Waals surface area contributed by atoms with Crippen molar-refractivity contribution in [3.63, 3.8) is 0 Å². The summed E-state index contributed by atoms with van der Waals surface area (Å²) in [6, 6.07) is 30.9. The Morgan fingerprint density at radius 2 is 1.48 bits per heavy atom. The molecule has 0 aliphatic carbocycles. The predicted octanol–water partition coefficient (Wildman–Crippen LogP) is 4.67. The first kappa shape index (κ1) is 35.6. The van der Waals surface area contributed by atoms with Crippen LogP contribution >= 0.6 is 0 Å². The highest BCUT2D eigenvalue weighted by Gasteiger charge is 2.59. The van der Waals surface area contributed by atoms with E-state index in [4.69, 9.17) is 14.2 Å². The molecule has 3 aromatic carbocycles. The van der Waals surface area contributed by atoms with Gasteiger partial charge >= 0.3 is 10.3 Å². The lowest BCUT2D eigenvalue weighted by Gasteiger charge is -2.44. The number of hydrogen-bond acceptors (Lipinski definition) is 10. The van der Waals surface area contributed by atoms with Gasteiger partial charge in [0.1, 0.15) is 35.7 Å². The van der Waals surface area contributed by atoms with Crippen LogP contribution in [0.3, 0.4) is 0 Å². The molecule has 5 heterocycles. The number of benzene rings is 3. The fourth-order valence-electron chi connectivity index (χ4n) is 7.55. The molecule has 15 heteroatoms. The zero-order valence-electron chi connectivity index (χ0n) is 29.3. The summed E-state index contributed by atoms with van der Waals surface area (Å²) in [5, 5.41) is 2.85. The Balaban J connectivity index is 1.19. The van der Waals surface area contributed by atoms with Crippen molar-refractivity contribution >= 4 is 27.4 Å². The van der Waals surface area contributed by atoms with Crippen molar-refractivity contribution in [3.05, 3.63) is 156 Å². The molecule has 8 rings (SSSR count). The van der Waals surface area contributed by atoms with Crippen LogP contribution in [-0.4, -0.2) is 78.3 Å². The highest BCUT2D eigenvalue weighted by molar-refractivity contribution is 7.83. The first-order valence-electron chi connectivity index (χ1n) is 17.3. The number of ether oxygens (including phenoxy) is 3. The lowest BCUT2D eigenvalue weighted by molar-refractivity contribution is -0.197. The van der Waals surface area contributed by atoms with E-state index >= 15 is 0 Å². The zero-order chi connectivity index (χ0) is 37.5. The summed E-state index contributed by atoms with van der Waals surface area (Å²) in [5.74, 6) is -1.38. The summed E-state index contributed by atoms with van der Waals surface area (Å²) in [5.41, 5.74) is 2.01. The molecule has 54 heavy (non-hydrogen) atoms. The molecule has 0 bridgehead atoms. The molecule has 2 N–H and O–H groups in total. The summed E-state index contributed by atoms with van der Waals surface area (Å²) in [6.45, 7) is 3.29. The molecule has 2 saturated heterocycles. The molecular weight excluding hydrogens is 711 g/mol. The van der Waals surface area contributed by atoms with E-state index in [1.165, 1.54) is 12.5 Å². The number of carbonyl (C=O) groups is 1. The van der Waals surface area contributed by atoms with Gasteiger partial charge in [0.2, 0.25) is 0 Å². The maximum absolute atomic E-state index is 13.9. The minimum Gasteiger partial charge on any atom is -0.348 e. The van der Waals surface area contributed by atoms with Gasteiger partial charge in [-0.05, 0) is 42.7 Å². The fourth-order valence-corrected chi connectivity index (χ4v) is 8.54. The van der Waals surface area contributed by atoms with E-state index in [1.807, 2.05) is 91.0 Å². The second-order valence-corrected chi connectivity index (χ2v) is 14.9. The first-order valence-corrected chi connectivity index (χ1v) is 18.7. The molecule has 2 fully saturated rings.